The minimum absolute atomic E-state index is 0.0990. The van der Waals surface area contributed by atoms with E-state index >= 15 is 0 Å². The first-order valence-electron chi connectivity index (χ1n) is 8.15. The number of hydrogen-bond acceptors (Lipinski definition) is 7. The molecule has 1 aromatic carbocycles. The zero-order valence-corrected chi connectivity index (χ0v) is 16.4. The Kier molecular flexibility index (Phi) is 7.13. The Bertz CT molecular complexity index is 794. The highest BCUT2D eigenvalue weighted by Gasteiger charge is 2.22. The third-order valence-corrected chi connectivity index (χ3v) is 6.18. The molecular formula is C17H21N3O4S2. The van der Waals surface area contributed by atoms with Crippen LogP contribution in [0.25, 0.3) is 0 Å². The lowest BCUT2D eigenvalue weighted by Gasteiger charge is -2.22. The van der Waals surface area contributed by atoms with Crippen molar-refractivity contribution in [3.63, 3.8) is 0 Å². The van der Waals surface area contributed by atoms with E-state index in [4.69, 9.17) is 0 Å². The monoisotopic (exact) mass is 395 g/mol. The van der Waals surface area contributed by atoms with Crippen LogP contribution < -0.4 is 5.32 Å². The molecule has 0 fully saturated rings. The topological polar surface area (TPSA) is 105 Å². The van der Waals surface area contributed by atoms with Crippen LogP contribution in [0.1, 0.15) is 36.3 Å². The minimum atomic E-state index is -0.502. The van der Waals surface area contributed by atoms with Crippen molar-refractivity contribution in [1.29, 1.82) is 0 Å². The quantitative estimate of drug-likeness (QED) is 0.522. The largest absolute Gasteiger partial charge is 0.394 e. The number of aliphatic hydroxyl groups is 1. The summed E-state index contributed by atoms with van der Waals surface area (Å²) in [5, 5.41) is 25.5. The zero-order valence-electron chi connectivity index (χ0n) is 14.8. The highest BCUT2D eigenvalue weighted by atomic mass is 32.2. The first-order valence-corrected chi connectivity index (χ1v) is 9.85. The van der Waals surface area contributed by atoms with E-state index in [0.29, 0.717) is 9.24 Å². The Morgan fingerprint density at radius 3 is 2.77 bits per heavy atom. The number of nitrogens with zero attached hydrogens (tertiary/aromatic N) is 2. The number of hydrogen-bond donors (Lipinski definition) is 2. The molecule has 2 rings (SSSR count). The van der Waals surface area contributed by atoms with Crippen molar-refractivity contribution in [3.8, 4) is 0 Å². The van der Waals surface area contributed by atoms with Crippen molar-refractivity contribution < 1.29 is 14.8 Å². The van der Waals surface area contributed by atoms with Gasteiger partial charge in [-0.2, -0.15) is 0 Å². The Labute approximate surface area is 160 Å². The van der Waals surface area contributed by atoms with Crippen LogP contribution in [0.3, 0.4) is 0 Å². The summed E-state index contributed by atoms with van der Waals surface area (Å²) in [5.41, 5.74) is 0.911. The van der Waals surface area contributed by atoms with Crippen molar-refractivity contribution in [1.82, 2.24) is 10.3 Å². The molecule has 2 aromatic rings. The Morgan fingerprint density at radius 2 is 2.23 bits per heavy atom. The molecule has 0 aliphatic carbocycles. The second kappa shape index (κ2) is 9.11. The number of nitro benzene ring substituents is 1. The van der Waals surface area contributed by atoms with Gasteiger partial charge in [-0.05, 0) is 25.0 Å². The molecule has 26 heavy (non-hydrogen) atoms. The summed E-state index contributed by atoms with van der Waals surface area (Å²) < 4.78 is 0.708. The van der Waals surface area contributed by atoms with Crippen LogP contribution in [-0.4, -0.2) is 33.6 Å². The minimum Gasteiger partial charge on any atom is -0.394 e. The van der Waals surface area contributed by atoms with Gasteiger partial charge < -0.3 is 10.4 Å². The molecule has 0 aliphatic rings. The van der Waals surface area contributed by atoms with Crippen molar-refractivity contribution in [2.75, 3.05) is 6.61 Å². The van der Waals surface area contributed by atoms with Gasteiger partial charge in [0, 0.05) is 22.7 Å². The molecule has 0 saturated heterocycles. The zero-order chi connectivity index (χ0) is 19.3. The maximum Gasteiger partial charge on any atom is 0.284 e. The summed E-state index contributed by atoms with van der Waals surface area (Å²) in [4.78, 5) is 28.1. The summed E-state index contributed by atoms with van der Waals surface area (Å²) in [5.74, 6) is -0.337. The number of aromatic nitrogens is 1. The SMILES string of the molecule is CCC(C)C(CO)NC(=O)c1ccc(Sc2nc(C)cs2)c([N+](=O)[O-])c1. The number of aliphatic hydroxyl groups excluding tert-OH is 1. The van der Waals surface area contributed by atoms with E-state index < -0.39 is 10.8 Å². The van der Waals surface area contributed by atoms with Gasteiger partial charge in [0.25, 0.3) is 11.6 Å². The van der Waals surface area contributed by atoms with E-state index in [1.165, 1.54) is 29.2 Å². The maximum absolute atomic E-state index is 12.4. The number of benzene rings is 1. The predicted octanol–water partition coefficient (Wildman–Crippen LogP) is 3.65. The highest BCUT2D eigenvalue weighted by molar-refractivity contribution is 8.01. The lowest BCUT2D eigenvalue weighted by molar-refractivity contribution is -0.387. The van der Waals surface area contributed by atoms with Crippen LogP contribution in [0.5, 0.6) is 0 Å². The molecule has 7 nitrogen and oxygen atoms in total. The highest BCUT2D eigenvalue weighted by Crippen LogP contribution is 2.36. The molecule has 2 unspecified atom stereocenters. The molecule has 140 valence electrons. The van der Waals surface area contributed by atoms with E-state index in [-0.39, 0.29) is 29.8 Å². The first-order chi connectivity index (χ1) is 12.3. The van der Waals surface area contributed by atoms with Gasteiger partial charge in [-0.3, -0.25) is 14.9 Å². The van der Waals surface area contributed by atoms with Gasteiger partial charge in [0.2, 0.25) is 0 Å². The van der Waals surface area contributed by atoms with Crippen LogP contribution in [-0.2, 0) is 0 Å². The molecule has 1 amide bonds. The number of carbonyl (C=O) groups is 1. The number of nitro groups is 1. The van der Waals surface area contributed by atoms with Crippen LogP contribution in [0, 0.1) is 23.0 Å². The average molecular weight is 396 g/mol. The van der Waals surface area contributed by atoms with Gasteiger partial charge >= 0.3 is 0 Å². The molecule has 0 spiro atoms. The van der Waals surface area contributed by atoms with Crippen molar-refractivity contribution in [2.45, 2.75) is 42.5 Å². The number of aryl methyl sites for hydroxylation is 1. The second-order valence-electron chi connectivity index (χ2n) is 5.94. The molecule has 2 atom stereocenters. The van der Waals surface area contributed by atoms with Crippen LogP contribution >= 0.6 is 23.1 Å². The fourth-order valence-corrected chi connectivity index (χ4v) is 4.14. The van der Waals surface area contributed by atoms with E-state index in [1.54, 1.807) is 12.1 Å². The lowest BCUT2D eigenvalue weighted by atomic mass is 9.99. The average Bonchev–Trinajstić information content (AvgIpc) is 3.03. The smallest absolute Gasteiger partial charge is 0.284 e. The third-order valence-electron chi connectivity index (χ3n) is 4.06. The Hall–Kier alpha value is -1.97. The summed E-state index contributed by atoms with van der Waals surface area (Å²) in [6.45, 7) is 5.58. The fraction of sp³-hybridized carbons (Fsp3) is 0.412. The number of amides is 1. The third kappa shape index (κ3) is 5.03. The fourth-order valence-electron chi connectivity index (χ4n) is 2.27. The summed E-state index contributed by atoms with van der Waals surface area (Å²) >= 11 is 2.62. The van der Waals surface area contributed by atoms with E-state index in [0.717, 1.165) is 12.1 Å². The van der Waals surface area contributed by atoms with Gasteiger partial charge in [0.1, 0.15) is 0 Å². The van der Waals surface area contributed by atoms with Crippen molar-refractivity contribution >= 4 is 34.7 Å². The van der Waals surface area contributed by atoms with E-state index in [9.17, 15) is 20.0 Å². The standard InChI is InChI=1S/C17H21N3O4S2/c1-4-10(2)13(8-21)19-16(22)12-5-6-15(14(7-12)20(23)24)26-17-18-11(3)9-25-17/h5-7,9-10,13,21H,4,8H2,1-3H3,(H,19,22). The molecule has 2 N–H and O–H groups in total. The maximum atomic E-state index is 12.4. The summed E-state index contributed by atoms with van der Waals surface area (Å²) in [6.07, 6.45) is 0.800. The van der Waals surface area contributed by atoms with Gasteiger partial charge in [0.15, 0.2) is 4.34 Å². The molecule has 1 aromatic heterocycles. The number of carbonyl (C=O) groups excluding carboxylic acids is 1. The number of rotatable bonds is 8. The molecule has 1 heterocycles. The van der Waals surface area contributed by atoms with E-state index in [1.807, 2.05) is 26.2 Å². The Morgan fingerprint density at radius 1 is 1.50 bits per heavy atom. The molecule has 0 aliphatic heterocycles. The van der Waals surface area contributed by atoms with Gasteiger partial charge in [-0.25, -0.2) is 4.98 Å². The lowest BCUT2D eigenvalue weighted by Crippen LogP contribution is -2.41. The van der Waals surface area contributed by atoms with Gasteiger partial charge in [-0.1, -0.05) is 32.0 Å². The summed E-state index contributed by atoms with van der Waals surface area (Å²) in [6, 6.07) is 3.99. The molecule has 0 saturated carbocycles. The second-order valence-corrected chi connectivity index (χ2v) is 8.09. The number of nitrogens with one attached hydrogen (secondary N) is 1. The number of thiazole rings is 1. The van der Waals surface area contributed by atoms with Crippen molar-refractivity contribution in [3.05, 3.63) is 45.0 Å². The summed E-state index contributed by atoms with van der Waals surface area (Å²) in [7, 11) is 0. The normalized spacial score (nSPS) is 13.2. The van der Waals surface area contributed by atoms with Crippen molar-refractivity contribution in [2.24, 2.45) is 5.92 Å². The molecule has 0 radical (unpaired) electrons. The molecule has 0 bridgehead atoms. The Balaban J connectivity index is 2.24. The molecular weight excluding hydrogens is 374 g/mol. The van der Waals surface area contributed by atoms with Crippen LogP contribution in [0.4, 0.5) is 5.69 Å². The van der Waals surface area contributed by atoms with E-state index in [2.05, 4.69) is 10.3 Å². The van der Waals surface area contributed by atoms with Crippen LogP contribution in [0.2, 0.25) is 0 Å². The first kappa shape index (κ1) is 20.3. The van der Waals surface area contributed by atoms with Gasteiger partial charge in [-0.15, -0.1) is 11.3 Å². The molecule has 9 heteroatoms. The van der Waals surface area contributed by atoms with Gasteiger partial charge in [0.05, 0.1) is 22.5 Å². The predicted molar refractivity (Wildman–Crippen MR) is 102 cm³/mol. The van der Waals surface area contributed by atoms with Crippen LogP contribution in [0.15, 0.2) is 32.8 Å².